The van der Waals surface area contributed by atoms with Crippen molar-refractivity contribution in [3.8, 4) is 5.75 Å². The molecule has 0 radical (unpaired) electrons. The van der Waals surface area contributed by atoms with Crippen LogP contribution in [0.4, 0.5) is 0 Å². The highest BCUT2D eigenvalue weighted by molar-refractivity contribution is 5.75. The number of allylic oxidation sites excluding steroid dienone is 2. The standard InChI is InChI=1S/C38H57NO5/c1-6-7-24-39(5)36(42)17-15-13-11-9-8-10-12-14-16-29-25-30-26-31(43-27(2)40)18-19-32(30)33-22-23-38(4)34(37(29)33)20-21-35(38)44-28(3)41/h18-19,21,26,29,33-34,37H,6-17,20,22-25H2,1-5H3/t29-,33-,34+,37-,38+/m1/s1. The third-order valence-corrected chi connectivity index (χ3v) is 10.9. The van der Waals surface area contributed by atoms with Gasteiger partial charge in [0.1, 0.15) is 11.5 Å². The Labute approximate surface area is 266 Å². The minimum absolute atomic E-state index is 0.0736. The summed E-state index contributed by atoms with van der Waals surface area (Å²) in [6, 6.07) is 6.29. The van der Waals surface area contributed by atoms with Gasteiger partial charge in [0, 0.05) is 39.3 Å². The molecule has 5 atom stereocenters. The van der Waals surface area contributed by atoms with Gasteiger partial charge in [0.2, 0.25) is 5.91 Å². The number of rotatable bonds is 16. The highest BCUT2D eigenvalue weighted by Gasteiger charge is 2.55. The van der Waals surface area contributed by atoms with E-state index in [9.17, 15) is 14.4 Å². The van der Waals surface area contributed by atoms with Crippen molar-refractivity contribution in [2.75, 3.05) is 13.6 Å². The molecule has 3 aliphatic rings. The highest BCUT2D eigenvalue weighted by atomic mass is 16.5. The number of unbranched alkanes of at least 4 members (excludes halogenated alkanes) is 8. The van der Waals surface area contributed by atoms with Crippen LogP contribution in [0.5, 0.6) is 5.75 Å². The predicted octanol–water partition coefficient (Wildman–Crippen LogP) is 8.91. The number of fused-ring (bicyclic) bond motifs is 5. The maximum absolute atomic E-state index is 12.2. The minimum atomic E-state index is -0.276. The lowest BCUT2D eigenvalue weighted by molar-refractivity contribution is -0.140. The lowest BCUT2D eigenvalue weighted by atomic mass is 9.52. The van der Waals surface area contributed by atoms with Crippen LogP contribution in [0.1, 0.15) is 141 Å². The number of carbonyl (C=O) groups excluding carboxylic acids is 3. The Morgan fingerprint density at radius 1 is 0.932 bits per heavy atom. The van der Waals surface area contributed by atoms with Gasteiger partial charge in [0.15, 0.2) is 0 Å². The smallest absolute Gasteiger partial charge is 0.308 e. The van der Waals surface area contributed by atoms with Gasteiger partial charge in [-0.3, -0.25) is 14.4 Å². The molecule has 0 spiro atoms. The molecule has 4 rings (SSSR count). The third-order valence-electron chi connectivity index (χ3n) is 10.9. The molecule has 1 amide bonds. The molecule has 0 heterocycles. The molecule has 44 heavy (non-hydrogen) atoms. The van der Waals surface area contributed by atoms with E-state index in [1.807, 2.05) is 18.0 Å². The molecule has 6 heteroatoms. The summed E-state index contributed by atoms with van der Waals surface area (Å²) in [5, 5.41) is 0. The van der Waals surface area contributed by atoms with Crippen LogP contribution in [0.3, 0.4) is 0 Å². The van der Waals surface area contributed by atoms with Crippen LogP contribution in [0.2, 0.25) is 0 Å². The zero-order valence-electron chi connectivity index (χ0n) is 28.1. The average molecular weight is 608 g/mol. The number of hydrogen-bond donors (Lipinski definition) is 0. The summed E-state index contributed by atoms with van der Waals surface area (Å²) >= 11 is 0. The number of ether oxygens (including phenoxy) is 2. The summed E-state index contributed by atoms with van der Waals surface area (Å²) in [7, 11) is 1.93. The zero-order chi connectivity index (χ0) is 31.7. The molecule has 6 nitrogen and oxygen atoms in total. The van der Waals surface area contributed by atoms with E-state index < -0.39 is 0 Å². The zero-order valence-corrected chi connectivity index (χ0v) is 28.1. The monoisotopic (exact) mass is 607 g/mol. The number of nitrogens with zero attached hydrogens (tertiary/aromatic N) is 1. The number of hydrogen-bond acceptors (Lipinski definition) is 5. The molecule has 0 bridgehead atoms. The van der Waals surface area contributed by atoms with E-state index >= 15 is 0 Å². The number of carbonyl (C=O) groups is 3. The Morgan fingerprint density at radius 2 is 1.61 bits per heavy atom. The molecule has 1 aromatic carbocycles. The van der Waals surface area contributed by atoms with Gasteiger partial charge < -0.3 is 14.4 Å². The van der Waals surface area contributed by atoms with Gasteiger partial charge in [-0.15, -0.1) is 0 Å². The first-order valence-electron chi connectivity index (χ1n) is 17.6. The SMILES string of the molecule is CCCCN(C)C(=O)CCCCCCCCCC[C@@H]1Cc2cc(OC(C)=O)ccc2[C@H]2CC[C@]3(C)C(OC(C)=O)=CC[C@H]3[C@H]12. The van der Waals surface area contributed by atoms with Crippen molar-refractivity contribution in [3.05, 3.63) is 41.2 Å². The fraction of sp³-hybridized carbons (Fsp3) is 0.711. The maximum atomic E-state index is 12.2. The molecular formula is C38H57NO5. The summed E-state index contributed by atoms with van der Waals surface area (Å²) in [4.78, 5) is 37.7. The second kappa shape index (κ2) is 16.1. The lowest BCUT2D eigenvalue weighted by Gasteiger charge is -2.52. The van der Waals surface area contributed by atoms with E-state index in [-0.39, 0.29) is 17.4 Å². The van der Waals surface area contributed by atoms with E-state index in [0.29, 0.717) is 41.7 Å². The van der Waals surface area contributed by atoms with Gasteiger partial charge in [-0.25, -0.2) is 0 Å². The largest absolute Gasteiger partial charge is 0.431 e. The Kier molecular flexibility index (Phi) is 12.5. The van der Waals surface area contributed by atoms with Gasteiger partial charge in [-0.2, -0.15) is 0 Å². The van der Waals surface area contributed by atoms with Gasteiger partial charge in [0.05, 0.1) is 0 Å². The summed E-state index contributed by atoms with van der Waals surface area (Å²) < 4.78 is 11.2. The fourth-order valence-corrected chi connectivity index (χ4v) is 8.58. The van der Waals surface area contributed by atoms with Gasteiger partial charge in [0.25, 0.3) is 0 Å². The average Bonchev–Trinajstić information content (AvgIpc) is 3.31. The molecule has 0 aromatic heterocycles. The van der Waals surface area contributed by atoms with Gasteiger partial charge in [-0.05, 0) is 98.0 Å². The highest BCUT2D eigenvalue weighted by Crippen LogP contribution is 2.63. The van der Waals surface area contributed by atoms with Crippen LogP contribution in [0.25, 0.3) is 0 Å². The van der Waals surface area contributed by atoms with E-state index in [1.165, 1.54) is 69.9 Å². The summed E-state index contributed by atoms with van der Waals surface area (Å²) in [5.74, 6) is 3.48. The first-order valence-corrected chi connectivity index (χ1v) is 17.6. The Balaban J connectivity index is 1.29. The van der Waals surface area contributed by atoms with Crippen LogP contribution < -0.4 is 4.74 Å². The van der Waals surface area contributed by atoms with Crippen molar-refractivity contribution < 1.29 is 23.9 Å². The molecule has 0 saturated heterocycles. The second-order valence-electron chi connectivity index (χ2n) is 14.1. The molecular weight excluding hydrogens is 550 g/mol. The number of esters is 2. The molecule has 1 aromatic rings. The predicted molar refractivity (Wildman–Crippen MR) is 175 cm³/mol. The van der Waals surface area contributed by atoms with E-state index in [1.54, 1.807) is 0 Å². The summed E-state index contributed by atoms with van der Waals surface area (Å²) in [5.41, 5.74) is 2.70. The van der Waals surface area contributed by atoms with E-state index in [2.05, 4.69) is 32.1 Å². The van der Waals surface area contributed by atoms with Crippen LogP contribution in [-0.2, 0) is 25.5 Å². The number of amides is 1. The molecule has 0 N–H and O–H groups in total. The molecule has 244 valence electrons. The van der Waals surface area contributed by atoms with Crippen molar-refractivity contribution in [1.29, 1.82) is 0 Å². The van der Waals surface area contributed by atoms with E-state index in [0.717, 1.165) is 63.7 Å². The van der Waals surface area contributed by atoms with Crippen LogP contribution in [0, 0.1) is 23.2 Å². The van der Waals surface area contributed by atoms with Crippen LogP contribution in [-0.4, -0.2) is 36.3 Å². The third kappa shape index (κ3) is 8.54. The first kappa shape index (κ1) is 34.2. The topological polar surface area (TPSA) is 72.9 Å². The normalized spacial score (nSPS) is 25.3. The fourth-order valence-electron chi connectivity index (χ4n) is 8.58. The minimum Gasteiger partial charge on any atom is -0.431 e. The molecule has 3 aliphatic carbocycles. The van der Waals surface area contributed by atoms with E-state index in [4.69, 9.17) is 9.47 Å². The summed E-state index contributed by atoms with van der Waals surface area (Å²) in [6.07, 6.45) is 20.1. The second-order valence-corrected chi connectivity index (χ2v) is 14.1. The molecule has 1 fully saturated rings. The number of benzene rings is 1. The Bertz CT molecular complexity index is 1170. The molecule has 0 aliphatic heterocycles. The van der Waals surface area contributed by atoms with Crippen LogP contribution >= 0.6 is 0 Å². The molecule has 0 unspecified atom stereocenters. The van der Waals surface area contributed by atoms with Gasteiger partial charge in [-0.1, -0.05) is 71.3 Å². The molecule has 1 saturated carbocycles. The quantitative estimate of drug-likeness (QED) is 0.107. The summed E-state index contributed by atoms with van der Waals surface area (Å²) in [6.45, 7) is 8.34. The van der Waals surface area contributed by atoms with Crippen molar-refractivity contribution >= 4 is 17.8 Å². The van der Waals surface area contributed by atoms with Crippen molar-refractivity contribution in [2.24, 2.45) is 23.2 Å². The van der Waals surface area contributed by atoms with Crippen LogP contribution in [0.15, 0.2) is 30.0 Å². The van der Waals surface area contributed by atoms with Crippen molar-refractivity contribution in [2.45, 2.75) is 136 Å². The lowest BCUT2D eigenvalue weighted by Crippen LogP contribution is -2.45. The van der Waals surface area contributed by atoms with Crippen molar-refractivity contribution in [1.82, 2.24) is 4.90 Å². The Hall–Kier alpha value is -2.63. The first-order chi connectivity index (χ1) is 21.1. The Morgan fingerprint density at radius 3 is 2.30 bits per heavy atom. The van der Waals surface area contributed by atoms with Crippen molar-refractivity contribution in [3.63, 3.8) is 0 Å². The van der Waals surface area contributed by atoms with Gasteiger partial charge >= 0.3 is 11.9 Å². The maximum Gasteiger partial charge on any atom is 0.308 e.